The molecular formula is C23H14N2. The van der Waals surface area contributed by atoms with Crippen molar-refractivity contribution in [1.29, 1.82) is 0 Å². The molecule has 0 atom stereocenters. The van der Waals surface area contributed by atoms with Crippen LogP contribution < -0.4 is 0 Å². The molecular weight excluding hydrogens is 304 g/mol. The summed E-state index contributed by atoms with van der Waals surface area (Å²) in [5.41, 5.74) is 6.00. The number of hydrogen-bond donors (Lipinski definition) is 0. The zero-order chi connectivity index (χ0) is 16.4. The van der Waals surface area contributed by atoms with Crippen molar-refractivity contribution in [2.24, 2.45) is 0 Å². The van der Waals surface area contributed by atoms with Crippen molar-refractivity contribution in [3.63, 3.8) is 0 Å². The number of benzene rings is 3. The maximum atomic E-state index is 4.60. The van der Waals surface area contributed by atoms with Crippen molar-refractivity contribution in [2.45, 2.75) is 0 Å². The van der Waals surface area contributed by atoms with Crippen LogP contribution >= 0.6 is 0 Å². The average molecular weight is 318 g/mol. The minimum absolute atomic E-state index is 1.01. The predicted octanol–water partition coefficient (Wildman–Crippen LogP) is 5.90. The van der Waals surface area contributed by atoms with E-state index in [0.29, 0.717) is 0 Å². The normalized spacial score (nSPS) is 12.0. The molecule has 6 aromatic rings. The molecule has 0 amide bonds. The first kappa shape index (κ1) is 13.0. The summed E-state index contributed by atoms with van der Waals surface area (Å²) in [6.07, 6.45) is 1.86. The van der Waals surface area contributed by atoms with Gasteiger partial charge in [-0.15, -0.1) is 0 Å². The molecule has 0 saturated carbocycles. The smallest absolute Gasteiger partial charge is 0.0723 e. The van der Waals surface area contributed by atoms with Crippen molar-refractivity contribution < 1.29 is 0 Å². The highest BCUT2D eigenvalue weighted by atomic mass is 14.9. The molecule has 25 heavy (non-hydrogen) atoms. The summed E-state index contributed by atoms with van der Waals surface area (Å²) < 4.78 is 2.42. The van der Waals surface area contributed by atoms with Gasteiger partial charge in [-0.25, -0.2) is 0 Å². The minimum atomic E-state index is 1.01. The largest absolute Gasteiger partial charge is 0.307 e. The monoisotopic (exact) mass is 318 g/mol. The van der Waals surface area contributed by atoms with Crippen molar-refractivity contribution in [3.8, 4) is 11.3 Å². The Balaban J connectivity index is 1.96. The van der Waals surface area contributed by atoms with Crippen molar-refractivity contribution >= 4 is 38.1 Å². The van der Waals surface area contributed by atoms with Crippen molar-refractivity contribution in [1.82, 2.24) is 9.38 Å². The van der Waals surface area contributed by atoms with Crippen LogP contribution in [0.4, 0.5) is 0 Å². The Kier molecular flexibility index (Phi) is 2.37. The van der Waals surface area contributed by atoms with Gasteiger partial charge in [-0.2, -0.15) is 0 Å². The van der Waals surface area contributed by atoms with Crippen LogP contribution in [-0.4, -0.2) is 9.38 Å². The predicted molar refractivity (Wildman–Crippen MR) is 104 cm³/mol. The van der Waals surface area contributed by atoms with Crippen LogP contribution in [0.3, 0.4) is 0 Å². The standard InChI is InChI=1S/C23H14N2/c1-2-13-21-15(7-1)16-8-5-9-17-18-10-6-11-19(20-12-3-4-14-24-20)23(18)25(21)22(16)17/h1-14H. The van der Waals surface area contributed by atoms with Gasteiger partial charge < -0.3 is 4.40 Å². The first-order chi connectivity index (χ1) is 12.4. The van der Waals surface area contributed by atoms with Gasteiger partial charge in [0.05, 0.1) is 22.2 Å². The van der Waals surface area contributed by atoms with Crippen molar-refractivity contribution in [3.05, 3.63) is 85.1 Å². The third kappa shape index (κ3) is 1.56. The van der Waals surface area contributed by atoms with E-state index in [2.05, 4.69) is 76.1 Å². The average Bonchev–Trinajstić information content (AvgIpc) is 3.20. The number of rotatable bonds is 1. The fraction of sp³-hybridized carbons (Fsp3) is 0. The highest BCUT2D eigenvalue weighted by molar-refractivity contribution is 6.24. The number of hydrogen-bond acceptors (Lipinski definition) is 1. The van der Waals surface area contributed by atoms with E-state index in [0.717, 1.165) is 5.69 Å². The number of fused-ring (bicyclic) bond motifs is 6. The molecule has 0 N–H and O–H groups in total. The Hall–Kier alpha value is -3.39. The summed E-state index contributed by atoms with van der Waals surface area (Å²) in [4.78, 5) is 4.60. The molecule has 0 bridgehead atoms. The first-order valence-corrected chi connectivity index (χ1v) is 8.51. The Bertz CT molecular complexity index is 1380. The topological polar surface area (TPSA) is 17.3 Å². The van der Waals surface area contributed by atoms with Gasteiger partial charge in [0.25, 0.3) is 0 Å². The van der Waals surface area contributed by atoms with Crippen LogP contribution in [-0.2, 0) is 0 Å². The summed E-state index contributed by atoms with van der Waals surface area (Å²) in [7, 11) is 0. The molecule has 2 nitrogen and oxygen atoms in total. The summed E-state index contributed by atoms with van der Waals surface area (Å²) in [5, 5.41) is 5.22. The molecule has 6 rings (SSSR count). The van der Waals surface area contributed by atoms with Crippen molar-refractivity contribution in [2.75, 3.05) is 0 Å². The van der Waals surface area contributed by atoms with Gasteiger partial charge in [0.1, 0.15) is 0 Å². The van der Waals surface area contributed by atoms with Gasteiger partial charge in [0.15, 0.2) is 0 Å². The molecule has 0 aliphatic rings. The third-order valence-electron chi connectivity index (χ3n) is 5.19. The summed E-state index contributed by atoms with van der Waals surface area (Å²) in [6, 6.07) is 27.9. The zero-order valence-corrected chi connectivity index (χ0v) is 13.5. The molecule has 3 heterocycles. The van der Waals surface area contributed by atoms with Crippen LogP contribution in [0.25, 0.3) is 49.4 Å². The summed E-state index contributed by atoms with van der Waals surface area (Å²) in [5.74, 6) is 0. The maximum absolute atomic E-state index is 4.60. The van der Waals surface area contributed by atoms with Crippen LogP contribution in [0, 0.1) is 0 Å². The number of nitrogens with zero attached hydrogens (tertiary/aromatic N) is 2. The maximum Gasteiger partial charge on any atom is 0.0723 e. The van der Waals surface area contributed by atoms with E-state index >= 15 is 0 Å². The second-order valence-electron chi connectivity index (χ2n) is 6.47. The van der Waals surface area contributed by atoms with Crippen LogP contribution in [0.15, 0.2) is 85.1 Å². The molecule has 2 heteroatoms. The molecule has 0 spiro atoms. The fourth-order valence-corrected chi connectivity index (χ4v) is 4.20. The number of pyridine rings is 1. The van der Waals surface area contributed by atoms with E-state index < -0.39 is 0 Å². The highest BCUT2D eigenvalue weighted by Gasteiger charge is 2.19. The molecule has 3 aromatic heterocycles. The number of aromatic nitrogens is 2. The van der Waals surface area contributed by atoms with E-state index in [1.807, 2.05) is 18.3 Å². The lowest BCUT2D eigenvalue weighted by Gasteiger charge is -2.05. The first-order valence-electron chi connectivity index (χ1n) is 8.51. The molecule has 116 valence electrons. The van der Waals surface area contributed by atoms with E-state index in [-0.39, 0.29) is 0 Å². The van der Waals surface area contributed by atoms with Gasteiger partial charge in [-0.3, -0.25) is 4.98 Å². The van der Waals surface area contributed by atoms with Gasteiger partial charge in [-0.05, 0) is 18.2 Å². The molecule has 3 aromatic carbocycles. The van der Waals surface area contributed by atoms with Gasteiger partial charge in [-0.1, -0.05) is 60.7 Å². The summed E-state index contributed by atoms with van der Waals surface area (Å²) >= 11 is 0. The SMILES string of the molecule is c1ccc(-c2cccc3c4cccc5c6ccccc6n(c23)c54)nc1. The van der Waals surface area contributed by atoms with Crippen LogP contribution in [0.5, 0.6) is 0 Å². The van der Waals surface area contributed by atoms with E-state index in [1.165, 1.54) is 43.7 Å². The van der Waals surface area contributed by atoms with Gasteiger partial charge in [0, 0.05) is 33.3 Å². The van der Waals surface area contributed by atoms with Gasteiger partial charge >= 0.3 is 0 Å². The highest BCUT2D eigenvalue weighted by Crippen LogP contribution is 2.41. The Morgan fingerprint density at radius 2 is 1.24 bits per heavy atom. The second-order valence-corrected chi connectivity index (χ2v) is 6.47. The lowest BCUT2D eigenvalue weighted by molar-refractivity contribution is 1.31. The quantitative estimate of drug-likeness (QED) is 0.369. The number of para-hydroxylation sites is 3. The van der Waals surface area contributed by atoms with Gasteiger partial charge in [0.2, 0.25) is 0 Å². The Morgan fingerprint density at radius 1 is 0.560 bits per heavy atom. The van der Waals surface area contributed by atoms with E-state index in [1.54, 1.807) is 0 Å². The molecule has 0 aliphatic carbocycles. The fourth-order valence-electron chi connectivity index (χ4n) is 4.20. The van der Waals surface area contributed by atoms with E-state index in [9.17, 15) is 0 Å². The minimum Gasteiger partial charge on any atom is -0.307 e. The molecule has 0 unspecified atom stereocenters. The van der Waals surface area contributed by atoms with Crippen LogP contribution in [0.1, 0.15) is 0 Å². The second kappa shape index (κ2) is 4.58. The molecule has 0 fully saturated rings. The van der Waals surface area contributed by atoms with E-state index in [4.69, 9.17) is 0 Å². The molecule has 0 aliphatic heterocycles. The van der Waals surface area contributed by atoms with Crippen LogP contribution in [0.2, 0.25) is 0 Å². The Morgan fingerprint density at radius 3 is 2.08 bits per heavy atom. The Labute approximate surface area is 144 Å². The lowest BCUT2D eigenvalue weighted by Crippen LogP contribution is -1.87. The summed E-state index contributed by atoms with van der Waals surface area (Å²) in [6.45, 7) is 0. The molecule has 0 radical (unpaired) electrons. The zero-order valence-electron chi connectivity index (χ0n) is 13.5. The third-order valence-corrected chi connectivity index (χ3v) is 5.19. The lowest BCUT2D eigenvalue weighted by atomic mass is 10.0. The molecule has 0 saturated heterocycles.